The summed E-state index contributed by atoms with van der Waals surface area (Å²) in [7, 11) is 0. The van der Waals surface area contributed by atoms with Crippen molar-refractivity contribution in [3.8, 4) is 0 Å². The number of nitrogens with one attached hydrogen (secondary N) is 1. The van der Waals surface area contributed by atoms with E-state index in [4.69, 9.17) is 16.3 Å². The number of carbonyl (C=O) groups is 2. The second-order valence-electron chi connectivity index (χ2n) is 6.21. The van der Waals surface area contributed by atoms with Gasteiger partial charge in [-0.05, 0) is 35.7 Å². The SMILES string of the molecule is CC(C)[C@H](NC(=O)c1ccccc1Cl)C(=O)OCc1ccc([N+](=O)[O-])cc1. The van der Waals surface area contributed by atoms with Gasteiger partial charge in [0.2, 0.25) is 0 Å². The summed E-state index contributed by atoms with van der Waals surface area (Å²) in [6.45, 7) is 3.51. The van der Waals surface area contributed by atoms with Crippen molar-refractivity contribution in [2.75, 3.05) is 0 Å². The van der Waals surface area contributed by atoms with Crippen LogP contribution in [0.25, 0.3) is 0 Å². The second-order valence-corrected chi connectivity index (χ2v) is 6.61. The van der Waals surface area contributed by atoms with Gasteiger partial charge in [-0.3, -0.25) is 14.9 Å². The number of amides is 1. The zero-order chi connectivity index (χ0) is 20.0. The van der Waals surface area contributed by atoms with E-state index in [2.05, 4.69) is 5.32 Å². The van der Waals surface area contributed by atoms with Gasteiger partial charge in [0.25, 0.3) is 11.6 Å². The van der Waals surface area contributed by atoms with E-state index in [1.807, 2.05) is 0 Å². The quantitative estimate of drug-likeness (QED) is 0.441. The van der Waals surface area contributed by atoms with E-state index in [0.717, 1.165) is 0 Å². The molecule has 27 heavy (non-hydrogen) atoms. The number of nitrogens with zero attached hydrogens (tertiary/aromatic N) is 1. The van der Waals surface area contributed by atoms with Gasteiger partial charge in [0.1, 0.15) is 12.6 Å². The molecular formula is C19H19ClN2O5. The number of hydrogen-bond donors (Lipinski definition) is 1. The number of benzene rings is 2. The third kappa shape index (κ3) is 5.52. The van der Waals surface area contributed by atoms with Gasteiger partial charge in [0, 0.05) is 12.1 Å². The molecule has 0 aromatic heterocycles. The molecule has 0 aliphatic rings. The number of hydrogen-bond acceptors (Lipinski definition) is 5. The maximum Gasteiger partial charge on any atom is 0.329 e. The predicted octanol–water partition coefficient (Wildman–Crippen LogP) is 3.75. The average Bonchev–Trinajstić information content (AvgIpc) is 2.64. The molecule has 0 aliphatic carbocycles. The molecule has 2 aromatic rings. The molecule has 8 heteroatoms. The molecule has 0 spiro atoms. The van der Waals surface area contributed by atoms with Gasteiger partial charge in [-0.15, -0.1) is 0 Å². The molecule has 1 amide bonds. The monoisotopic (exact) mass is 390 g/mol. The molecule has 0 aliphatic heterocycles. The van der Waals surface area contributed by atoms with Crippen LogP contribution in [0.4, 0.5) is 5.69 Å². The Kier molecular flexibility index (Phi) is 6.90. The molecule has 1 atom stereocenters. The number of rotatable bonds is 7. The first kappa shape index (κ1) is 20.4. The van der Waals surface area contributed by atoms with E-state index in [0.29, 0.717) is 5.56 Å². The first-order valence-corrected chi connectivity index (χ1v) is 8.62. The molecular weight excluding hydrogens is 372 g/mol. The first-order valence-electron chi connectivity index (χ1n) is 8.25. The largest absolute Gasteiger partial charge is 0.459 e. The molecule has 2 rings (SSSR count). The number of ether oxygens (including phenoxy) is 1. The minimum absolute atomic E-state index is 0.0443. The van der Waals surface area contributed by atoms with Crippen molar-refractivity contribution in [3.63, 3.8) is 0 Å². The molecule has 0 unspecified atom stereocenters. The van der Waals surface area contributed by atoms with Crippen LogP contribution in [-0.2, 0) is 16.1 Å². The molecule has 0 heterocycles. The van der Waals surface area contributed by atoms with Crippen LogP contribution in [0.2, 0.25) is 5.02 Å². The Bertz CT molecular complexity index is 836. The Morgan fingerprint density at radius 3 is 2.33 bits per heavy atom. The average molecular weight is 391 g/mol. The summed E-state index contributed by atoms with van der Waals surface area (Å²) in [5.41, 5.74) is 0.832. The van der Waals surface area contributed by atoms with Crippen LogP contribution in [0.5, 0.6) is 0 Å². The van der Waals surface area contributed by atoms with Gasteiger partial charge in [0.05, 0.1) is 15.5 Å². The van der Waals surface area contributed by atoms with E-state index in [1.165, 1.54) is 24.3 Å². The van der Waals surface area contributed by atoms with Crippen LogP contribution < -0.4 is 5.32 Å². The summed E-state index contributed by atoms with van der Waals surface area (Å²) in [5, 5.41) is 13.6. The summed E-state index contributed by atoms with van der Waals surface area (Å²) in [6, 6.07) is 11.4. The summed E-state index contributed by atoms with van der Waals surface area (Å²) in [4.78, 5) is 35.0. The van der Waals surface area contributed by atoms with Gasteiger partial charge in [-0.1, -0.05) is 37.6 Å². The molecule has 0 saturated carbocycles. The lowest BCUT2D eigenvalue weighted by Gasteiger charge is -2.21. The van der Waals surface area contributed by atoms with Gasteiger partial charge in [-0.25, -0.2) is 4.79 Å². The van der Waals surface area contributed by atoms with Crippen LogP contribution in [0, 0.1) is 16.0 Å². The van der Waals surface area contributed by atoms with E-state index < -0.39 is 22.8 Å². The Morgan fingerprint density at radius 2 is 1.78 bits per heavy atom. The van der Waals surface area contributed by atoms with Crippen molar-refractivity contribution in [3.05, 3.63) is 74.8 Å². The van der Waals surface area contributed by atoms with E-state index in [9.17, 15) is 19.7 Å². The van der Waals surface area contributed by atoms with E-state index >= 15 is 0 Å². The molecule has 0 fully saturated rings. The van der Waals surface area contributed by atoms with Crippen LogP contribution in [-0.4, -0.2) is 22.8 Å². The standard InChI is InChI=1S/C19H19ClN2O5/c1-12(2)17(21-18(23)15-5-3-4-6-16(15)20)19(24)27-11-13-7-9-14(10-8-13)22(25)26/h3-10,12,17H,11H2,1-2H3,(H,21,23)/t17-/m0/s1. The third-order valence-electron chi connectivity index (χ3n) is 3.85. The van der Waals surface area contributed by atoms with Crippen molar-refractivity contribution in [1.82, 2.24) is 5.32 Å². The molecule has 0 radical (unpaired) electrons. The van der Waals surface area contributed by atoms with Crippen molar-refractivity contribution < 1.29 is 19.2 Å². The summed E-state index contributed by atoms with van der Waals surface area (Å²) in [5.74, 6) is -1.27. The fourth-order valence-electron chi connectivity index (χ4n) is 2.32. The second kappa shape index (κ2) is 9.14. The number of non-ortho nitro benzene ring substituents is 1. The van der Waals surface area contributed by atoms with Gasteiger partial charge in [-0.2, -0.15) is 0 Å². The van der Waals surface area contributed by atoms with Crippen molar-refractivity contribution >= 4 is 29.2 Å². The third-order valence-corrected chi connectivity index (χ3v) is 4.18. The molecule has 2 aromatic carbocycles. The summed E-state index contributed by atoms with van der Waals surface area (Å²) >= 11 is 6.01. The maximum absolute atomic E-state index is 12.4. The highest BCUT2D eigenvalue weighted by atomic mass is 35.5. The molecule has 142 valence electrons. The van der Waals surface area contributed by atoms with Crippen LogP contribution >= 0.6 is 11.6 Å². The fraction of sp³-hybridized carbons (Fsp3) is 0.263. The highest BCUT2D eigenvalue weighted by Crippen LogP contribution is 2.16. The van der Waals surface area contributed by atoms with Crippen LogP contribution in [0.15, 0.2) is 48.5 Å². The number of halogens is 1. The minimum Gasteiger partial charge on any atom is -0.459 e. The Labute approximate surface area is 161 Å². The van der Waals surface area contributed by atoms with Gasteiger partial charge in [0.15, 0.2) is 0 Å². The number of nitro benzene ring substituents is 1. The van der Waals surface area contributed by atoms with Gasteiger partial charge < -0.3 is 10.1 Å². The highest BCUT2D eigenvalue weighted by Gasteiger charge is 2.26. The van der Waals surface area contributed by atoms with Crippen molar-refractivity contribution in [2.45, 2.75) is 26.5 Å². The van der Waals surface area contributed by atoms with Crippen LogP contribution in [0.1, 0.15) is 29.8 Å². The predicted molar refractivity (Wildman–Crippen MR) is 100 cm³/mol. The molecule has 7 nitrogen and oxygen atoms in total. The van der Waals surface area contributed by atoms with Crippen molar-refractivity contribution in [2.24, 2.45) is 5.92 Å². The fourth-order valence-corrected chi connectivity index (χ4v) is 2.54. The normalized spacial score (nSPS) is 11.7. The minimum atomic E-state index is -0.855. The lowest BCUT2D eigenvalue weighted by molar-refractivity contribution is -0.384. The topological polar surface area (TPSA) is 98.5 Å². The van der Waals surface area contributed by atoms with E-state index in [-0.39, 0.29) is 28.8 Å². The zero-order valence-electron chi connectivity index (χ0n) is 14.8. The maximum atomic E-state index is 12.4. The zero-order valence-corrected chi connectivity index (χ0v) is 15.6. The highest BCUT2D eigenvalue weighted by molar-refractivity contribution is 6.33. The smallest absolute Gasteiger partial charge is 0.329 e. The van der Waals surface area contributed by atoms with E-state index in [1.54, 1.807) is 38.1 Å². The Morgan fingerprint density at radius 1 is 1.15 bits per heavy atom. The Balaban J connectivity index is 2.01. The van der Waals surface area contributed by atoms with Crippen LogP contribution in [0.3, 0.4) is 0 Å². The summed E-state index contributed by atoms with van der Waals surface area (Å²) in [6.07, 6.45) is 0. The number of carbonyl (C=O) groups excluding carboxylic acids is 2. The van der Waals surface area contributed by atoms with Gasteiger partial charge >= 0.3 is 5.97 Å². The van der Waals surface area contributed by atoms with Crippen molar-refractivity contribution in [1.29, 1.82) is 0 Å². The molecule has 0 saturated heterocycles. The number of esters is 1. The lowest BCUT2D eigenvalue weighted by Crippen LogP contribution is -2.45. The molecule has 1 N–H and O–H groups in total. The first-order chi connectivity index (χ1) is 12.8. The lowest BCUT2D eigenvalue weighted by atomic mass is 10.0. The number of nitro groups is 1. The summed E-state index contributed by atoms with van der Waals surface area (Å²) < 4.78 is 5.26. The molecule has 0 bridgehead atoms. The Hall–Kier alpha value is -2.93.